The molecule has 1 fully saturated rings. The van der Waals surface area contributed by atoms with Crippen LogP contribution in [0.1, 0.15) is 18.4 Å². The molecule has 20 heavy (non-hydrogen) atoms. The first-order valence-corrected chi connectivity index (χ1v) is 7.24. The van der Waals surface area contributed by atoms with E-state index in [1.54, 1.807) is 0 Å². The molecule has 1 aliphatic rings. The number of nitrogens with zero attached hydrogens (tertiary/aromatic N) is 1. The Morgan fingerprint density at radius 2 is 2.20 bits per heavy atom. The number of hydrogen-bond donors (Lipinski definition) is 1. The van der Waals surface area contributed by atoms with E-state index in [9.17, 15) is 4.79 Å². The Kier molecular flexibility index (Phi) is 7.35. The van der Waals surface area contributed by atoms with Crippen molar-refractivity contribution < 1.29 is 4.79 Å². The third-order valence-electron chi connectivity index (χ3n) is 3.66. The molecule has 1 atom stereocenters. The maximum atomic E-state index is 12.3. The van der Waals surface area contributed by atoms with Gasteiger partial charge in [0, 0.05) is 18.1 Å². The quantitative estimate of drug-likeness (QED) is 0.926. The first kappa shape index (κ1) is 17.3. The van der Waals surface area contributed by atoms with E-state index in [0.717, 1.165) is 31.6 Å². The average molecular weight is 317 g/mol. The predicted molar refractivity (Wildman–Crippen MR) is 85.6 cm³/mol. The number of carbonyl (C=O) groups is 1. The van der Waals surface area contributed by atoms with Gasteiger partial charge in [-0.05, 0) is 44.0 Å². The topological polar surface area (TPSA) is 32.3 Å². The summed E-state index contributed by atoms with van der Waals surface area (Å²) in [5.74, 6) is 0.767. The fourth-order valence-electron chi connectivity index (χ4n) is 2.66. The zero-order valence-electron chi connectivity index (χ0n) is 11.8. The van der Waals surface area contributed by atoms with Gasteiger partial charge < -0.3 is 10.2 Å². The van der Waals surface area contributed by atoms with E-state index in [0.29, 0.717) is 17.4 Å². The van der Waals surface area contributed by atoms with Crippen molar-refractivity contribution in [3.63, 3.8) is 0 Å². The number of hydrogen-bond acceptors (Lipinski definition) is 2. The van der Waals surface area contributed by atoms with E-state index >= 15 is 0 Å². The second kappa shape index (κ2) is 8.50. The summed E-state index contributed by atoms with van der Waals surface area (Å²) < 4.78 is 0. The van der Waals surface area contributed by atoms with Crippen LogP contribution in [-0.2, 0) is 11.2 Å². The molecule has 1 aromatic rings. The molecule has 1 aromatic carbocycles. The van der Waals surface area contributed by atoms with Crippen molar-refractivity contribution in [2.45, 2.75) is 19.3 Å². The van der Waals surface area contributed by atoms with Gasteiger partial charge in [0.1, 0.15) is 0 Å². The lowest BCUT2D eigenvalue weighted by Gasteiger charge is -2.33. The maximum Gasteiger partial charge on any atom is 0.227 e. The minimum absolute atomic E-state index is 0. The molecule has 0 bridgehead atoms. The summed E-state index contributed by atoms with van der Waals surface area (Å²) in [6.45, 7) is 2.73. The zero-order chi connectivity index (χ0) is 13.7. The highest BCUT2D eigenvalue weighted by Gasteiger charge is 2.23. The van der Waals surface area contributed by atoms with Crippen molar-refractivity contribution in [2.24, 2.45) is 5.92 Å². The lowest BCUT2D eigenvalue weighted by Crippen LogP contribution is -2.43. The SMILES string of the molecule is CNCC1CCCN(C(=O)Cc2ccccc2Cl)C1.Cl. The molecular formula is C15H22Cl2N2O. The number of amides is 1. The molecule has 1 unspecified atom stereocenters. The number of rotatable bonds is 4. The van der Waals surface area contributed by atoms with Gasteiger partial charge in [-0.2, -0.15) is 0 Å². The van der Waals surface area contributed by atoms with Gasteiger partial charge in [0.25, 0.3) is 0 Å². The van der Waals surface area contributed by atoms with Crippen LogP contribution in [0.15, 0.2) is 24.3 Å². The van der Waals surface area contributed by atoms with Crippen LogP contribution in [0.2, 0.25) is 5.02 Å². The average Bonchev–Trinajstić information content (AvgIpc) is 2.42. The van der Waals surface area contributed by atoms with Gasteiger partial charge >= 0.3 is 0 Å². The molecule has 1 N–H and O–H groups in total. The van der Waals surface area contributed by atoms with Gasteiger partial charge in [-0.3, -0.25) is 4.79 Å². The van der Waals surface area contributed by atoms with Gasteiger partial charge in [-0.25, -0.2) is 0 Å². The van der Waals surface area contributed by atoms with Crippen molar-refractivity contribution in [1.82, 2.24) is 10.2 Å². The first-order chi connectivity index (χ1) is 9.20. The highest BCUT2D eigenvalue weighted by molar-refractivity contribution is 6.31. The summed E-state index contributed by atoms with van der Waals surface area (Å²) in [4.78, 5) is 14.3. The fraction of sp³-hybridized carbons (Fsp3) is 0.533. The van der Waals surface area contributed by atoms with Crippen molar-refractivity contribution >= 4 is 29.9 Å². The van der Waals surface area contributed by atoms with Crippen molar-refractivity contribution in [2.75, 3.05) is 26.7 Å². The summed E-state index contributed by atoms with van der Waals surface area (Å²) in [6.07, 6.45) is 2.71. The third-order valence-corrected chi connectivity index (χ3v) is 4.03. The second-order valence-corrected chi connectivity index (χ2v) is 5.58. The fourth-order valence-corrected chi connectivity index (χ4v) is 2.87. The minimum atomic E-state index is 0. The number of carbonyl (C=O) groups excluding carboxylic acids is 1. The summed E-state index contributed by atoms with van der Waals surface area (Å²) in [6, 6.07) is 7.58. The van der Waals surface area contributed by atoms with Crippen LogP contribution in [0.3, 0.4) is 0 Å². The van der Waals surface area contributed by atoms with Crippen molar-refractivity contribution in [3.8, 4) is 0 Å². The Morgan fingerprint density at radius 1 is 1.45 bits per heavy atom. The molecule has 5 heteroatoms. The highest BCUT2D eigenvalue weighted by atomic mass is 35.5. The number of piperidine rings is 1. The molecule has 2 rings (SSSR count). The molecule has 1 heterocycles. The molecule has 0 aliphatic carbocycles. The Labute approximate surface area is 132 Å². The molecule has 0 radical (unpaired) electrons. The lowest BCUT2D eigenvalue weighted by atomic mass is 9.97. The number of benzene rings is 1. The minimum Gasteiger partial charge on any atom is -0.342 e. The van der Waals surface area contributed by atoms with E-state index in [4.69, 9.17) is 11.6 Å². The molecule has 0 saturated carbocycles. The van der Waals surface area contributed by atoms with Gasteiger partial charge in [0.15, 0.2) is 0 Å². The van der Waals surface area contributed by atoms with Gasteiger partial charge in [0.05, 0.1) is 6.42 Å². The Bertz CT molecular complexity index is 438. The van der Waals surface area contributed by atoms with Crippen LogP contribution >= 0.6 is 24.0 Å². The van der Waals surface area contributed by atoms with Crippen LogP contribution in [0.5, 0.6) is 0 Å². The Hall–Kier alpha value is -0.770. The van der Waals surface area contributed by atoms with Crippen LogP contribution in [-0.4, -0.2) is 37.5 Å². The van der Waals surface area contributed by atoms with Crippen LogP contribution in [0, 0.1) is 5.92 Å². The smallest absolute Gasteiger partial charge is 0.227 e. The van der Waals surface area contributed by atoms with Crippen molar-refractivity contribution in [1.29, 1.82) is 0 Å². The van der Waals surface area contributed by atoms with Crippen LogP contribution in [0.4, 0.5) is 0 Å². The van der Waals surface area contributed by atoms with Crippen LogP contribution in [0.25, 0.3) is 0 Å². The molecule has 3 nitrogen and oxygen atoms in total. The Morgan fingerprint density at radius 3 is 2.90 bits per heavy atom. The van der Waals surface area contributed by atoms with Gasteiger partial charge in [-0.15, -0.1) is 12.4 Å². The van der Waals surface area contributed by atoms with E-state index in [1.165, 1.54) is 6.42 Å². The van der Waals surface area contributed by atoms with E-state index in [1.807, 2.05) is 36.2 Å². The maximum absolute atomic E-state index is 12.3. The monoisotopic (exact) mass is 316 g/mol. The van der Waals surface area contributed by atoms with E-state index in [-0.39, 0.29) is 18.3 Å². The van der Waals surface area contributed by atoms with Gasteiger partial charge in [0.2, 0.25) is 5.91 Å². The third kappa shape index (κ3) is 4.65. The second-order valence-electron chi connectivity index (χ2n) is 5.17. The summed E-state index contributed by atoms with van der Waals surface area (Å²) >= 11 is 6.10. The summed E-state index contributed by atoms with van der Waals surface area (Å²) in [7, 11) is 1.96. The zero-order valence-corrected chi connectivity index (χ0v) is 13.3. The van der Waals surface area contributed by atoms with E-state index in [2.05, 4.69) is 5.32 Å². The van der Waals surface area contributed by atoms with Crippen LogP contribution < -0.4 is 5.32 Å². The molecule has 0 spiro atoms. The first-order valence-electron chi connectivity index (χ1n) is 6.86. The van der Waals surface area contributed by atoms with Crippen molar-refractivity contribution in [3.05, 3.63) is 34.9 Å². The number of likely N-dealkylation sites (tertiary alicyclic amines) is 1. The highest BCUT2D eigenvalue weighted by Crippen LogP contribution is 2.19. The van der Waals surface area contributed by atoms with Gasteiger partial charge in [-0.1, -0.05) is 29.8 Å². The molecule has 1 saturated heterocycles. The molecular weight excluding hydrogens is 295 g/mol. The van der Waals surface area contributed by atoms with E-state index < -0.39 is 0 Å². The normalized spacial score (nSPS) is 18.5. The summed E-state index contributed by atoms with van der Waals surface area (Å²) in [5.41, 5.74) is 0.921. The standard InChI is InChI=1S/C15H21ClN2O.ClH/c1-17-10-12-5-4-8-18(11-12)15(19)9-13-6-2-3-7-14(13)16;/h2-3,6-7,12,17H,4-5,8-11H2,1H3;1H. The largest absolute Gasteiger partial charge is 0.342 e. The molecule has 1 aliphatic heterocycles. The molecule has 0 aromatic heterocycles. The number of halogens is 2. The summed E-state index contributed by atoms with van der Waals surface area (Å²) in [5, 5.41) is 3.88. The molecule has 112 valence electrons. The predicted octanol–water partition coefficient (Wildman–Crippen LogP) is 2.76. The molecule has 1 amide bonds. The Balaban J connectivity index is 0.00000200. The number of nitrogens with one attached hydrogen (secondary N) is 1. The lowest BCUT2D eigenvalue weighted by molar-refractivity contribution is -0.132.